The van der Waals surface area contributed by atoms with Gasteiger partial charge in [-0.3, -0.25) is 14.7 Å². The molecule has 1 aromatic rings. The third kappa shape index (κ3) is 7.41. The lowest BCUT2D eigenvalue weighted by atomic mass is 9.84. The fraction of sp³-hybridized carbons (Fsp3) is 0.652. The van der Waals surface area contributed by atoms with Crippen molar-refractivity contribution < 1.29 is 4.79 Å². The fourth-order valence-corrected chi connectivity index (χ4v) is 4.12. The van der Waals surface area contributed by atoms with Crippen molar-refractivity contribution in [2.45, 2.75) is 52.6 Å². The van der Waals surface area contributed by atoms with Crippen LogP contribution in [0.1, 0.15) is 50.7 Å². The first-order chi connectivity index (χ1) is 13.9. The molecule has 1 saturated carbocycles. The van der Waals surface area contributed by atoms with Crippen LogP contribution < -0.4 is 10.6 Å². The van der Waals surface area contributed by atoms with Crippen molar-refractivity contribution in [2.75, 3.05) is 40.8 Å². The number of halogens is 1. The largest absolute Gasteiger partial charge is 0.355 e. The van der Waals surface area contributed by atoms with Gasteiger partial charge in [0.1, 0.15) is 0 Å². The van der Waals surface area contributed by atoms with E-state index in [-0.39, 0.29) is 35.3 Å². The maximum atomic E-state index is 12.7. The first-order valence-electron chi connectivity index (χ1n) is 10.9. The predicted octanol–water partition coefficient (Wildman–Crippen LogP) is 3.46. The van der Waals surface area contributed by atoms with Gasteiger partial charge in [0.2, 0.25) is 5.91 Å². The molecule has 0 saturated heterocycles. The zero-order valence-corrected chi connectivity index (χ0v) is 21.7. The van der Waals surface area contributed by atoms with Gasteiger partial charge in [0.15, 0.2) is 5.96 Å². The van der Waals surface area contributed by atoms with Crippen molar-refractivity contribution in [1.29, 1.82) is 0 Å². The molecule has 0 radical (unpaired) electrons. The summed E-state index contributed by atoms with van der Waals surface area (Å²) in [6.45, 7) is 8.86. The summed E-state index contributed by atoms with van der Waals surface area (Å²) in [7, 11) is 5.47. The van der Waals surface area contributed by atoms with E-state index >= 15 is 0 Å². The first kappa shape index (κ1) is 26.7. The molecule has 0 unspecified atom stereocenters. The van der Waals surface area contributed by atoms with Gasteiger partial charge < -0.3 is 15.5 Å². The molecule has 1 aliphatic carbocycles. The number of amides is 1. The molecule has 0 aliphatic heterocycles. The van der Waals surface area contributed by atoms with Gasteiger partial charge in [-0.2, -0.15) is 0 Å². The second kappa shape index (κ2) is 13.1. The quantitative estimate of drug-likeness (QED) is 0.292. The Bertz CT molecular complexity index is 665. The summed E-state index contributed by atoms with van der Waals surface area (Å²) in [5.41, 5.74) is 2.26. The molecule has 1 amide bonds. The number of nitrogens with zero attached hydrogens (tertiary/aromatic N) is 3. The van der Waals surface area contributed by atoms with E-state index in [9.17, 15) is 4.79 Å². The van der Waals surface area contributed by atoms with Gasteiger partial charge in [0, 0.05) is 40.8 Å². The minimum absolute atomic E-state index is 0. The van der Waals surface area contributed by atoms with E-state index in [0.717, 1.165) is 51.3 Å². The van der Waals surface area contributed by atoms with Gasteiger partial charge in [-0.15, -0.1) is 24.0 Å². The number of guanidine groups is 1. The maximum Gasteiger partial charge on any atom is 0.230 e. The molecule has 2 rings (SSSR count). The minimum Gasteiger partial charge on any atom is -0.355 e. The summed E-state index contributed by atoms with van der Waals surface area (Å²) in [6, 6.07) is 8.75. The van der Waals surface area contributed by atoms with Crippen LogP contribution in [0, 0.1) is 5.41 Å². The fourth-order valence-electron chi connectivity index (χ4n) is 4.12. The van der Waals surface area contributed by atoms with Crippen molar-refractivity contribution in [3.05, 3.63) is 35.4 Å². The summed E-state index contributed by atoms with van der Waals surface area (Å²) in [6.07, 6.45) is 4.13. The van der Waals surface area contributed by atoms with Gasteiger partial charge in [0.05, 0.1) is 5.41 Å². The van der Waals surface area contributed by atoms with Crippen molar-refractivity contribution in [3.63, 3.8) is 0 Å². The summed E-state index contributed by atoms with van der Waals surface area (Å²) in [4.78, 5) is 21.2. The van der Waals surface area contributed by atoms with E-state index in [1.165, 1.54) is 11.1 Å². The Morgan fingerprint density at radius 3 is 2.10 bits per heavy atom. The molecule has 1 fully saturated rings. The van der Waals surface area contributed by atoms with Crippen LogP contribution in [-0.4, -0.2) is 62.4 Å². The summed E-state index contributed by atoms with van der Waals surface area (Å²) < 4.78 is 0. The molecule has 30 heavy (non-hydrogen) atoms. The Morgan fingerprint density at radius 2 is 1.60 bits per heavy atom. The Morgan fingerprint density at radius 1 is 1.03 bits per heavy atom. The third-order valence-electron chi connectivity index (χ3n) is 6.02. The Hall–Kier alpha value is -1.35. The number of rotatable bonds is 9. The number of benzene rings is 1. The second-order valence-electron chi connectivity index (χ2n) is 8.24. The third-order valence-corrected chi connectivity index (χ3v) is 6.02. The highest BCUT2D eigenvalue weighted by Gasteiger charge is 2.42. The second-order valence-corrected chi connectivity index (χ2v) is 8.24. The van der Waals surface area contributed by atoms with Crippen molar-refractivity contribution in [3.8, 4) is 0 Å². The highest BCUT2D eigenvalue weighted by atomic mass is 127. The van der Waals surface area contributed by atoms with Gasteiger partial charge in [-0.25, -0.2) is 0 Å². The molecule has 170 valence electrons. The minimum atomic E-state index is -0.298. The van der Waals surface area contributed by atoms with Crippen molar-refractivity contribution in [2.24, 2.45) is 10.4 Å². The number of carbonyl (C=O) groups is 1. The zero-order valence-electron chi connectivity index (χ0n) is 19.3. The van der Waals surface area contributed by atoms with Crippen molar-refractivity contribution in [1.82, 2.24) is 20.4 Å². The molecule has 0 bridgehead atoms. The molecule has 7 heteroatoms. The van der Waals surface area contributed by atoms with E-state index in [2.05, 4.69) is 58.6 Å². The van der Waals surface area contributed by atoms with Crippen LogP contribution in [0.4, 0.5) is 0 Å². The Labute approximate surface area is 199 Å². The monoisotopic (exact) mass is 529 g/mol. The van der Waals surface area contributed by atoms with Gasteiger partial charge in [0.25, 0.3) is 0 Å². The average Bonchev–Trinajstić information content (AvgIpc) is 3.22. The molecule has 1 aromatic carbocycles. The van der Waals surface area contributed by atoms with Gasteiger partial charge in [-0.05, 0) is 37.1 Å². The van der Waals surface area contributed by atoms with Crippen LogP contribution in [0.3, 0.4) is 0 Å². The van der Waals surface area contributed by atoms with Crippen LogP contribution in [-0.2, 0) is 17.9 Å². The van der Waals surface area contributed by atoms with Crippen LogP contribution in [0.15, 0.2) is 29.3 Å². The molecule has 1 aliphatic rings. The van der Waals surface area contributed by atoms with E-state index in [1.54, 1.807) is 11.9 Å². The molecule has 2 N–H and O–H groups in total. The normalized spacial score (nSPS) is 15.6. The van der Waals surface area contributed by atoms with Crippen LogP contribution in [0.5, 0.6) is 0 Å². The number of hydrogen-bond acceptors (Lipinski definition) is 3. The average molecular weight is 530 g/mol. The lowest BCUT2D eigenvalue weighted by Gasteiger charge is -2.31. The predicted molar refractivity (Wildman–Crippen MR) is 136 cm³/mol. The van der Waals surface area contributed by atoms with Crippen LogP contribution in [0.25, 0.3) is 0 Å². The van der Waals surface area contributed by atoms with Crippen molar-refractivity contribution >= 4 is 35.8 Å². The number of hydrogen-bond donors (Lipinski definition) is 2. The van der Waals surface area contributed by atoms with E-state index in [0.29, 0.717) is 13.1 Å². The maximum absolute atomic E-state index is 12.7. The van der Waals surface area contributed by atoms with Crippen LogP contribution in [0.2, 0.25) is 0 Å². The van der Waals surface area contributed by atoms with E-state index in [1.807, 2.05) is 14.1 Å². The lowest BCUT2D eigenvalue weighted by Crippen LogP contribution is -2.49. The smallest absolute Gasteiger partial charge is 0.230 e. The summed E-state index contributed by atoms with van der Waals surface area (Å²) in [5, 5.41) is 6.78. The Kier molecular flexibility index (Phi) is 11.7. The summed E-state index contributed by atoms with van der Waals surface area (Å²) in [5.74, 6) is 0.969. The first-order valence-corrected chi connectivity index (χ1v) is 10.9. The highest BCUT2D eigenvalue weighted by molar-refractivity contribution is 14.0. The number of nitrogens with one attached hydrogen (secondary N) is 2. The molecule has 0 aromatic heterocycles. The number of aliphatic imine (C=N–C) groups is 1. The Balaban J connectivity index is 0.00000450. The van der Waals surface area contributed by atoms with Crippen LogP contribution >= 0.6 is 24.0 Å². The molecule has 6 nitrogen and oxygen atoms in total. The molecular formula is C23H40IN5O. The topological polar surface area (TPSA) is 60.0 Å². The van der Waals surface area contributed by atoms with E-state index < -0.39 is 0 Å². The van der Waals surface area contributed by atoms with E-state index in [4.69, 9.17) is 0 Å². The van der Waals surface area contributed by atoms with Gasteiger partial charge in [-0.1, -0.05) is 51.0 Å². The highest BCUT2D eigenvalue weighted by Crippen LogP contribution is 2.38. The molecule has 0 atom stereocenters. The van der Waals surface area contributed by atoms with Gasteiger partial charge >= 0.3 is 0 Å². The molecular weight excluding hydrogens is 489 g/mol. The SMILES string of the molecule is CCN(CC)Cc1ccc(CNC(=NC)NCC2(C(=O)N(C)C)CCCC2)cc1.I. The molecule has 0 spiro atoms. The lowest BCUT2D eigenvalue weighted by molar-refractivity contribution is -0.138. The number of carbonyl (C=O) groups excluding carboxylic acids is 1. The standard InChI is InChI=1S/C23H39N5O.HI/c1-6-28(7-2)17-20-12-10-19(11-13-20)16-25-22(24-3)26-18-23(14-8-9-15-23)21(29)27(4)5;/h10-13H,6-9,14-18H2,1-5H3,(H2,24,25,26);1H. The zero-order chi connectivity index (χ0) is 21.3. The summed E-state index contributed by atoms with van der Waals surface area (Å²) >= 11 is 0. The molecule has 0 heterocycles.